The minimum absolute atomic E-state index is 0.216. The van der Waals surface area contributed by atoms with Crippen molar-refractivity contribution in [2.75, 3.05) is 18.4 Å². The highest BCUT2D eigenvalue weighted by Crippen LogP contribution is 2.20. The molecule has 1 saturated heterocycles. The van der Waals surface area contributed by atoms with Crippen LogP contribution in [0.5, 0.6) is 0 Å². The summed E-state index contributed by atoms with van der Waals surface area (Å²) in [5, 5.41) is 12.0. The fourth-order valence-corrected chi connectivity index (χ4v) is 3.07. The van der Waals surface area contributed by atoms with E-state index in [1.807, 2.05) is 6.07 Å². The number of benzene rings is 2. The number of rotatable bonds is 4. The SMILES string of the molecule is O=C(Nc1cccc(C(=O)N2CCCC(C(=O)O)C2)c1)c1ccccc1. The fourth-order valence-electron chi connectivity index (χ4n) is 3.07. The molecule has 1 aliphatic heterocycles. The number of nitrogens with zero attached hydrogens (tertiary/aromatic N) is 1. The first-order valence-corrected chi connectivity index (χ1v) is 8.53. The van der Waals surface area contributed by atoms with Crippen LogP contribution in [0.25, 0.3) is 0 Å². The fraction of sp³-hybridized carbons (Fsp3) is 0.250. The van der Waals surface area contributed by atoms with Crippen LogP contribution in [0.4, 0.5) is 5.69 Å². The molecule has 3 rings (SSSR count). The highest BCUT2D eigenvalue weighted by atomic mass is 16.4. The van der Waals surface area contributed by atoms with Crippen molar-refractivity contribution >= 4 is 23.5 Å². The number of hydrogen-bond acceptors (Lipinski definition) is 3. The molecule has 6 heteroatoms. The van der Waals surface area contributed by atoms with E-state index in [9.17, 15) is 19.5 Å². The Bertz CT molecular complexity index is 820. The normalized spacial score (nSPS) is 16.8. The Kier molecular flexibility index (Phi) is 5.31. The van der Waals surface area contributed by atoms with Crippen LogP contribution in [0.3, 0.4) is 0 Å². The van der Waals surface area contributed by atoms with Gasteiger partial charge in [0, 0.05) is 29.9 Å². The number of hydrogen-bond donors (Lipinski definition) is 2. The van der Waals surface area contributed by atoms with Gasteiger partial charge in [0.05, 0.1) is 5.92 Å². The largest absolute Gasteiger partial charge is 0.481 e. The summed E-state index contributed by atoms with van der Waals surface area (Å²) in [6.45, 7) is 0.762. The van der Waals surface area contributed by atoms with Crippen molar-refractivity contribution in [3.63, 3.8) is 0 Å². The number of aliphatic carboxylic acids is 1. The number of carboxylic acids is 1. The van der Waals surface area contributed by atoms with Gasteiger partial charge in [-0.3, -0.25) is 14.4 Å². The average Bonchev–Trinajstić information content (AvgIpc) is 2.68. The third-order valence-corrected chi connectivity index (χ3v) is 4.46. The highest BCUT2D eigenvalue weighted by molar-refractivity contribution is 6.05. The van der Waals surface area contributed by atoms with E-state index in [0.29, 0.717) is 36.2 Å². The topological polar surface area (TPSA) is 86.7 Å². The van der Waals surface area contributed by atoms with E-state index in [0.717, 1.165) is 0 Å². The molecule has 0 spiro atoms. The van der Waals surface area contributed by atoms with Crippen molar-refractivity contribution in [2.45, 2.75) is 12.8 Å². The van der Waals surface area contributed by atoms with Crippen LogP contribution in [0.15, 0.2) is 54.6 Å². The van der Waals surface area contributed by atoms with Crippen LogP contribution in [0.2, 0.25) is 0 Å². The third-order valence-electron chi connectivity index (χ3n) is 4.46. The first-order valence-electron chi connectivity index (χ1n) is 8.53. The second kappa shape index (κ2) is 7.82. The first kappa shape index (κ1) is 17.7. The summed E-state index contributed by atoms with van der Waals surface area (Å²) in [6.07, 6.45) is 1.26. The Labute approximate surface area is 151 Å². The van der Waals surface area contributed by atoms with E-state index in [-0.39, 0.29) is 18.4 Å². The molecule has 2 amide bonds. The second-order valence-corrected chi connectivity index (χ2v) is 6.33. The highest BCUT2D eigenvalue weighted by Gasteiger charge is 2.28. The van der Waals surface area contributed by atoms with Gasteiger partial charge in [0.15, 0.2) is 0 Å². The molecule has 0 saturated carbocycles. The van der Waals surface area contributed by atoms with E-state index < -0.39 is 11.9 Å². The van der Waals surface area contributed by atoms with Gasteiger partial charge in [0.1, 0.15) is 0 Å². The number of likely N-dealkylation sites (tertiary alicyclic amines) is 1. The Morgan fingerprint density at radius 2 is 1.73 bits per heavy atom. The van der Waals surface area contributed by atoms with Gasteiger partial charge >= 0.3 is 5.97 Å². The standard InChI is InChI=1S/C20H20N2O4/c23-18(14-6-2-1-3-7-14)21-17-10-4-8-15(12-17)19(24)22-11-5-9-16(13-22)20(25)26/h1-4,6-8,10,12,16H,5,9,11,13H2,(H,21,23)(H,25,26). The molecule has 2 N–H and O–H groups in total. The lowest BCUT2D eigenvalue weighted by Crippen LogP contribution is -2.42. The van der Waals surface area contributed by atoms with Crippen LogP contribution in [0, 0.1) is 5.92 Å². The van der Waals surface area contributed by atoms with E-state index >= 15 is 0 Å². The molecule has 0 radical (unpaired) electrons. The van der Waals surface area contributed by atoms with E-state index in [1.165, 1.54) is 0 Å². The van der Waals surface area contributed by atoms with Gasteiger partial charge < -0.3 is 15.3 Å². The maximum Gasteiger partial charge on any atom is 0.308 e. The Morgan fingerprint density at radius 3 is 2.46 bits per heavy atom. The molecule has 134 valence electrons. The summed E-state index contributed by atoms with van der Waals surface area (Å²) >= 11 is 0. The number of anilines is 1. The maximum absolute atomic E-state index is 12.7. The number of nitrogens with one attached hydrogen (secondary N) is 1. The van der Waals surface area contributed by atoms with Gasteiger partial charge in [-0.2, -0.15) is 0 Å². The van der Waals surface area contributed by atoms with Gasteiger partial charge in [-0.1, -0.05) is 24.3 Å². The first-order chi connectivity index (χ1) is 12.5. The average molecular weight is 352 g/mol. The molecular formula is C20H20N2O4. The molecule has 2 aromatic carbocycles. The monoisotopic (exact) mass is 352 g/mol. The summed E-state index contributed by atoms with van der Waals surface area (Å²) in [4.78, 5) is 37.7. The van der Waals surface area contributed by atoms with Gasteiger partial charge in [0.2, 0.25) is 0 Å². The maximum atomic E-state index is 12.7. The van der Waals surface area contributed by atoms with Crippen molar-refractivity contribution in [1.82, 2.24) is 4.90 Å². The second-order valence-electron chi connectivity index (χ2n) is 6.33. The Morgan fingerprint density at radius 1 is 1.00 bits per heavy atom. The van der Waals surface area contributed by atoms with Crippen LogP contribution < -0.4 is 5.32 Å². The summed E-state index contributed by atoms with van der Waals surface area (Å²) in [7, 11) is 0. The molecule has 26 heavy (non-hydrogen) atoms. The van der Waals surface area contributed by atoms with Crippen molar-refractivity contribution in [2.24, 2.45) is 5.92 Å². The van der Waals surface area contributed by atoms with Gasteiger partial charge in [-0.25, -0.2) is 0 Å². The number of carbonyl (C=O) groups excluding carboxylic acids is 2. The molecule has 0 aromatic heterocycles. The molecule has 1 atom stereocenters. The lowest BCUT2D eigenvalue weighted by Gasteiger charge is -2.30. The van der Waals surface area contributed by atoms with Crippen molar-refractivity contribution in [1.29, 1.82) is 0 Å². The zero-order valence-electron chi connectivity index (χ0n) is 14.2. The van der Waals surface area contributed by atoms with Gasteiger partial charge in [-0.15, -0.1) is 0 Å². The summed E-state index contributed by atoms with van der Waals surface area (Å²) in [5.41, 5.74) is 1.49. The van der Waals surface area contributed by atoms with E-state index in [1.54, 1.807) is 53.4 Å². The number of piperidine rings is 1. The number of amides is 2. The van der Waals surface area contributed by atoms with E-state index in [2.05, 4.69) is 5.32 Å². The molecule has 1 heterocycles. The summed E-state index contributed by atoms with van der Waals surface area (Å²) in [6, 6.07) is 15.5. The lowest BCUT2D eigenvalue weighted by atomic mass is 9.97. The quantitative estimate of drug-likeness (QED) is 0.886. The van der Waals surface area contributed by atoms with Crippen LogP contribution >= 0.6 is 0 Å². The Balaban J connectivity index is 1.71. The Hall–Kier alpha value is -3.15. The van der Waals surface area contributed by atoms with Crippen LogP contribution in [0.1, 0.15) is 33.6 Å². The molecule has 6 nitrogen and oxygen atoms in total. The minimum Gasteiger partial charge on any atom is -0.481 e. The number of carbonyl (C=O) groups is 3. The van der Waals surface area contributed by atoms with Crippen molar-refractivity contribution in [3.8, 4) is 0 Å². The zero-order valence-corrected chi connectivity index (χ0v) is 14.2. The summed E-state index contributed by atoms with van der Waals surface area (Å²) in [5.74, 6) is -1.86. The smallest absolute Gasteiger partial charge is 0.308 e. The number of carboxylic acid groups (broad SMARTS) is 1. The van der Waals surface area contributed by atoms with Gasteiger partial charge in [-0.05, 0) is 43.2 Å². The molecule has 1 fully saturated rings. The summed E-state index contributed by atoms with van der Waals surface area (Å²) < 4.78 is 0. The molecule has 2 aromatic rings. The minimum atomic E-state index is -0.869. The third kappa shape index (κ3) is 4.08. The van der Waals surface area contributed by atoms with E-state index in [4.69, 9.17) is 0 Å². The van der Waals surface area contributed by atoms with Gasteiger partial charge in [0.25, 0.3) is 11.8 Å². The van der Waals surface area contributed by atoms with Crippen LogP contribution in [-0.4, -0.2) is 40.9 Å². The molecular weight excluding hydrogens is 332 g/mol. The molecule has 0 bridgehead atoms. The van der Waals surface area contributed by atoms with Crippen LogP contribution in [-0.2, 0) is 4.79 Å². The predicted octanol–water partition coefficient (Wildman–Crippen LogP) is 2.88. The molecule has 1 unspecified atom stereocenters. The predicted molar refractivity (Wildman–Crippen MR) is 97.1 cm³/mol. The molecule has 0 aliphatic carbocycles. The van der Waals surface area contributed by atoms with Crippen molar-refractivity contribution < 1.29 is 19.5 Å². The zero-order chi connectivity index (χ0) is 18.5. The van der Waals surface area contributed by atoms with Crippen molar-refractivity contribution in [3.05, 3.63) is 65.7 Å². The lowest BCUT2D eigenvalue weighted by molar-refractivity contribution is -0.143. The molecule has 1 aliphatic rings.